The molecule has 4 aliphatic carbocycles. The molecule has 0 aromatic heterocycles. The van der Waals surface area contributed by atoms with Gasteiger partial charge in [0.2, 0.25) is 0 Å². The van der Waals surface area contributed by atoms with Gasteiger partial charge in [-0.25, -0.2) is 9.59 Å². The number of rotatable bonds is 5. The number of allylic oxidation sites excluding steroid dienone is 3. The molecule has 3 fully saturated rings. The highest BCUT2D eigenvalue weighted by Gasteiger charge is 2.60. The van der Waals surface area contributed by atoms with E-state index in [4.69, 9.17) is 9.47 Å². The minimum Gasteiger partial charge on any atom is -0.446 e. The summed E-state index contributed by atoms with van der Waals surface area (Å²) < 4.78 is 11.9. The van der Waals surface area contributed by atoms with E-state index < -0.39 is 23.7 Å². The Hall–Kier alpha value is -3.09. The van der Waals surface area contributed by atoms with Gasteiger partial charge in [-0.05, 0) is 61.0 Å². The second-order valence-electron chi connectivity index (χ2n) is 12.1. The SMILES string of the molecule is CNC(=O)OC1CC2=CC=C3[C@@H]4CC[C@H](C(C)C=O)[C@@]4(C)CC[C@@H]3[C@@]2(C)C(OC(=O)Nc2ccccc2)C1. The zero-order valence-corrected chi connectivity index (χ0v) is 22.9. The average molecular weight is 521 g/mol. The molecule has 0 spiro atoms. The quantitative estimate of drug-likeness (QED) is 0.446. The Balaban J connectivity index is 1.45. The van der Waals surface area contributed by atoms with Gasteiger partial charge in [0.25, 0.3) is 0 Å². The number of anilines is 1. The van der Waals surface area contributed by atoms with Gasteiger partial charge in [0.1, 0.15) is 18.5 Å². The van der Waals surface area contributed by atoms with Crippen LogP contribution in [-0.2, 0) is 14.3 Å². The van der Waals surface area contributed by atoms with Crippen LogP contribution in [0.5, 0.6) is 0 Å². The van der Waals surface area contributed by atoms with Crippen LogP contribution in [0.3, 0.4) is 0 Å². The molecule has 2 N–H and O–H groups in total. The van der Waals surface area contributed by atoms with Gasteiger partial charge >= 0.3 is 12.2 Å². The molecule has 0 saturated heterocycles. The van der Waals surface area contributed by atoms with Crippen molar-refractivity contribution in [2.45, 2.75) is 71.5 Å². The number of ether oxygens (including phenoxy) is 2. The summed E-state index contributed by atoms with van der Waals surface area (Å²) in [5, 5.41) is 5.40. The van der Waals surface area contributed by atoms with Gasteiger partial charge in [-0.1, -0.05) is 62.3 Å². The number of hydrogen-bond acceptors (Lipinski definition) is 5. The molecule has 0 heterocycles. The first-order valence-electron chi connectivity index (χ1n) is 14.0. The Morgan fingerprint density at radius 3 is 2.50 bits per heavy atom. The minimum absolute atomic E-state index is 0.0579. The van der Waals surface area contributed by atoms with Crippen molar-refractivity contribution < 1.29 is 23.9 Å². The zero-order valence-electron chi connectivity index (χ0n) is 22.9. The lowest BCUT2D eigenvalue weighted by molar-refractivity contribution is -0.113. The van der Waals surface area contributed by atoms with Crippen LogP contribution in [-0.4, -0.2) is 37.7 Å². The maximum absolute atomic E-state index is 13.1. The molecular weight excluding hydrogens is 480 g/mol. The summed E-state index contributed by atoms with van der Waals surface area (Å²) in [4.78, 5) is 36.9. The molecule has 0 aliphatic heterocycles. The third-order valence-electron chi connectivity index (χ3n) is 10.3. The summed E-state index contributed by atoms with van der Waals surface area (Å²) in [5.74, 6) is 1.11. The maximum Gasteiger partial charge on any atom is 0.411 e. The molecule has 4 aliphatic rings. The molecule has 0 radical (unpaired) electrons. The van der Waals surface area contributed by atoms with E-state index in [0.29, 0.717) is 30.4 Å². The van der Waals surface area contributed by atoms with Crippen molar-refractivity contribution in [3.63, 3.8) is 0 Å². The number of hydrogen-bond donors (Lipinski definition) is 2. The second kappa shape index (κ2) is 10.2. The number of carbonyl (C=O) groups excluding carboxylic acids is 3. The van der Waals surface area contributed by atoms with Crippen molar-refractivity contribution in [2.75, 3.05) is 12.4 Å². The van der Waals surface area contributed by atoms with Gasteiger partial charge in [0, 0.05) is 36.9 Å². The van der Waals surface area contributed by atoms with E-state index in [1.54, 1.807) is 7.05 Å². The first kappa shape index (κ1) is 26.5. The summed E-state index contributed by atoms with van der Waals surface area (Å²) in [6.45, 7) is 6.68. The van der Waals surface area contributed by atoms with E-state index in [0.717, 1.165) is 32.0 Å². The topological polar surface area (TPSA) is 93.7 Å². The molecule has 5 rings (SSSR count). The van der Waals surface area contributed by atoms with Crippen LogP contribution in [0.25, 0.3) is 0 Å². The van der Waals surface area contributed by atoms with Gasteiger partial charge in [0.15, 0.2) is 0 Å². The van der Waals surface area contributed by atoms with Crippen LogP contribution in [0.2, 0.25) is 0 Å². The summed E-state index contributed by atoms with van der Waals surface area (Å²) in [6.07, 6.45) is 9.06. The molecule has 3 saturated carbocycles. The number of nitrogens with one attached hydrogen (secondary N) is 2. The smallest absolute Gasteiger partial charge is 0.411 e. The molecule has 1 aromatic carbocycles. The largest absolute Gasteiger partial charge is 0.446 e. The molecule has 2 amide bonds. The number of carbonyl (C=O) groups is 3. The van der Waals surface area contributed by atoms with Gasteiger partial charge in [0.05, 0.1) is 0 Å². The van der Waals surface area contributed by atoms with Gasteiger partial charge < -0.3 is 19.6 Å². The first-order valence-corrected chi connectivity index (χ1v) is 14.0. The van der Waals surface area contributed by atoms with Crippen LogP contribution < -0.4 is 10.6 Å². The van der Waals surface area contributed by atoms with E-state index in [1.165, 1.54) is 11.1 Å². The molecule has 204 valence electrons. The molecule has 38 heavy (non-hydrogen) atoms. The number of para-hydroxylation sites is 1. The third-order valence-corrected chi connectivity index (χ3v) is 10.3. The number of alkyl carbamates (subject to hydrolysis) is 1. The van der Waals surface area contributed by atoms with E-state index in [1.807, 2.05) is 30.3 Å². The van der Waals surface area contributed by atoms with Crippen molar-refractivity contribution in [2.24, 2.45) is 34.5 Å². The number of benzene rings is 1. The average Bonchev–Trinajstić information content (AvgIpc) is 3.26. The number of amides is 2. The molecule has 1 aromatic rings. The van der Waals surface area contributed by atoms with Gasteiger partial charge in [-0.15, -0.1) is 0 Å². The fraction of sp³-hybridized carbons (Fsp3) is 0.581. The van der Waals surface area contributed by atoms with E-state index >= 15 is 0 Å². The fourth-order valence-electron chi connectivity index (χ4n) is 8.27. The second-order valence-corrected chi connectivity index (χ2v) is 12.1. The van der Waals surface area contributed by atoms with E-state index in [9.17, 15) is 14.4 Å². The van der Waals surface area contributed by atoms with Crippen LogP contribution in [0.1, 0.15) is 59.3 Å². The van der Waals surface area contributed by atoms with Crippen LogP contribution in [0.4, 0.5) is 15.3 Å². The van der Waals surface area contributed by atoms with Crippen molar-refractivity contribution in [1.82, 2.24) is 5.32 Å². The Morgan fingerprint density at radius 1 is 1.03 bits per heavy atom. The predicted molar refractivity (Wildman–Crippen MR) is 145 cm³/mol. The Bertz CT molecular complexity index is 1150. The van der Waals surface area contributed by atoms with Crippen LogP contribution in [0.15, 0.2) is 53.6 Å². The third kappa shape index (κ3) is 4.44. The van der Waals surface area contributed by atoms with E-state index in [2.05, 4.69) is 43.6 Å². The lowest BCUT2D eigenvalue weighted by Gasteiger charge is -2.57. The maximum atomic E-state index is 13.1. The highest BCUT2D eigenvalue weighted by molar-refractivity contribution is 5.84. The Morgan fingerprint density at radius 2 is 1.79 bits per heavy atom. The molecular formula is C31H40N2O5. The molecule has 7 nitrogen and oxygen atoms in total. The standard InChI is InChI=1S/C31H40N2O5/c1-19(18-34)24-12-13-25-23-11-10-20-16-22(37-28(35)32-4)17-27(31(20,3)26(23)14-15-30(24,25)2)38-29(36)33-21-8-6-5-7-9-21/h5-11,18-19,22,24-27H,12-17H2,1-4H3,(H,32,35)(H,33,36)/t19?,22?,24-,25+,26+,27?,30-,31+/m1/s1. The van der Waals surface area contributed by atoms with Crippen molar-refractivity contribution in [1.29, 1.82) is 0 Å². The van der Waals surface area contributed by atoms with Crippen molar-refractivity contribution in [3.05, 3.63) is 53.6 Å². The van der Waals surface area contributed by atoms with Crippen molar-refractivity contribution >= 4 is 24.2 Å². The molecule has 3 unspecified atom stereocenters. The highest BCUT2D eigenvalue weighted by atomic mass is 16.6. The molecule has 8 atom stereocenters. The predicted octanol–water partition coefficient (Wildman–Crippen LogP) is 6.27. The fourth-order valence-corrected chi connectivity index (χ4v) is 8.27. The lowest BCUT2D eigenvalue weighted by Crippen LogP contribution is -2.54. The Labute approximate surface area is 225 Å². The molecule has 0 bridgehead atoms. The molecule has 7 heteroatoms. The highest BCUT2D eigenvalue weighted by Crippen LogP contribution is 2.66. The van der Waals surface area contributed by atoms with Crippen LogP contribution >= 0.6 is 0 Å². The number of aldehydes is 1. The monoisotopic (exact) mass is 520 g/mol. The minimum atomic E-state index is -0.500. The Kier molecular flexibility index (Phi) is 7.14. The normalized spacial score (nSPS) is 36.3. The lowest BCUT2D eigenvalue weighted by atomic mass is 9.49. The number of fused-ring (bicyclic) bond motifs is 5. The van der Waals surface area contributed by atoms with Crippen LogP contribution in [0, 0.1) is 34.5 Å². The summed E-state index contributed by atoms with van der Waals surface area (Å²) in [6, 6.07) is 9.28. The summed E-state index contributed by atoms with van der Waals surface area (Å²) >= 11 is 0. The first-order chi connectivity index (χ1) is 18.2. The van der Waals surface area contributed by atoms with Crippen molar-refractivity contribution in [3.8, 4) is 0 Å². The van der Waals surface area contributed by atoms with Gasteiger partial charge in [-0.3, -0.25) is 5.32 Å². The zero-order chi connectivity index (χ0) is 27.1. The summed E-state index contributed by atoms with van der Waals surface area (Å²) in [7, 11) is 1.55. The van der Waals surface area contributed by atoms with Gasteiger partial charge in [-0.2, -0.15) is 0 Å². The van der Waals surface area contributed by atoms with E-state index in [-0.39, 0.29) is 23.4 Å². The summed E-state index contributed by atoms with van der Waals surface area (Å²) in [5.41, 5.74) is 2.99.